The first kappa shape index (κ1) is 35.6. The van der Waals surface area contributed by atoms with E-state index in [4.69, 9.17) is 5.73 Å². The Kier molecular flexibility index (Phi) is 17.3. The normalized spacial score (nSPS) is 10.4. The number of carboxylic acids is 1. The van der Waals surface area contributed by atoms with Crippen molar-refractivity contribution in [3.63, 3.8) is 0 Å². The van der Waals surface area contributed by atoms with Gasteiger partial charge in [-0.3, -0.25) is 4.79 Å². The Morgan fingerprint density at radius 1 is 0.833 bits per heavy atom. The van der Waals surface area contributed by atoms with E-state index in [-0.39, 0.29) is 12.5 Å². The molecule has 228 valence electrons. The van der Waals surface area contributed by atoms with Crippen LogP contribution < -0.4 is 37.5 Å². The minimum Gasteiger partial charge on any atom is -0.481 e. The smallest absolute Gasteiger partial charge is 0.319 e. The van der Waals surface area contributed by atoms with Gasteiger partial charge in [-0.05, 0) is 85.6 Å². The van der Waals surface area contributed by atoms with Gasteiger partial charge in [0.25, 0.3) is 0 Å². The fourth-order valence-corrected chi connectivity index (χ4v) is 4.00. The first-order valence-corrected chi connectivity index (χ1v) is 14.5. The van der Waals surface area contributed by atoms with Gasteiger partial charge >= 0.3 is 18.0 Å². The molecule has 4 amide bonds. The molecule has 0 heterocycles. The molecule has 0 aliphatic rings. The number of urea groups is 2. The van der Waals surface area contributed by atoms with E-state index in [1.54, 1.807) is 48.5 Å². The maximum Gasteiger partial charge on any atom is 0.319 e. The van der Waals surface area contributed by atoms with Crippen molar-refractivity contribution >= 4 is 52.7 Å². The van der Waals surface area contributed by atoms with Gasteiger partial charge in [-0.15, -0.1) is 0 Å². The Hall–Kier alpha value is -4.42. The summed E-state index contributed by atoms with van der Waals surface area (Å²) in [5.74, 6) is -1.04. The number of carbonyl (C=O) groups is 3. The molecule has 0 bridgehead atoms. The van der Waals surface area contributed by atoms with Crippen LogP contribution in [0.3, 0.4) is 0 Å². The van der Waals surface area contributed by atoms with Crippen molar-refractivity contribution in [3.8, 4) is 0 Å². The summed E-state index contributed by atoms with van der Waals surface area (Å²) >= 11 is 1.34. The van der Waals surface area contributed by atoms with Gasteiger partial charge in [-0.2, -0.15) is 0 Å². The summed E-state index contributed by atoms with van der Waals surface area (Å²) in [7, 11) is 1.50. The first-order chi connectivity index (χ1) is 20.2. The van der Waals surface area contributed by atoms with E-state index < -0.39 is 18.0 Å². The van der Waals surface area contributed by atoms with Crippen molar-refractivity contribution in [2.45, 2.75) is 51.0 Å². The van der Waals surface area contributed by atoms with Crippen LogP contribution in [0.15, 0.2) is 77.7 Å². The Morgan fingerprint density at radius 3 is 2.10 bits per heavy atom. The van der Waals surface area contributed by atoms with Crippen LogP contribution in [-0.4, -0.2) is 36.7 Å². The molecule has 12 heteroatoms. The van der Waals surface area contributed by atoms with E-state index in [9.17, 15) is 19.5 Å². The highest BCUT2D eigenvalue weighted by atomic mass is 32.2. The zero-order chi connectivity index (χ0) is 31.3. The molecule has 0 aliphatic carbocycles. The number of carbonyl (C=O) groups excluding carboxylic acids is 2. The number of hydrogen-bond donors (Lipinski definition) is 8. The predicted octanol–water partition coefficient (Wildman–Crippen LogP) is 6.25. The zero-order valence-electron chi connectivity index (χ0n) is 24.6. The standard InChI is InChI=1S/C26H30N6O4S.C3H8.CH5N/c1-2-13-28-25(35)30-20-6-4-8-22(15-20)37-32-21-7-3-5-17(14-21)23(16-24(33)34)31-26(36)29-19-11-9-18(27)10-12-19;1-3-2;1-2/h3-12,14-15,23,32H,2,13,16,27H2,1H3,(H,33,34)(H2,28,30,35)(H2,29,31,36);3H2,1-2H3;2H2,1H3. The average Bonchev–Trinajstić information content (AvgIpc) is 2.97. The number of anilines is 4. The quantitative estimate of drug-likeness (QED) is 0.0942. The predicted molar refractivity (Wildman–Crippen MR) is 174 cm³/mol. The summed E-state index contributed by atoms with van der Waals surface area (Å²) in [5.41, 5.74) is 13.3. The maximum absolute atomic E-state index is 12.5. The van der Waals surface area contributed by atoms with Gasteiger partial charge in [-0.1, -0.05) is 45.4 Å². The lowest BCUT2D eigenvalue weighted by Crippen LogP contribution is -2.33. The van der Waals surface area contributed by atoms with Gasteiger partial charge < -0.3 is 42.6 Å². The van der Waals surface area contributed by atoms with Gasteiger partial charge in [-0.25, -0.2) is 9.59 Å². The zero-order valence-corrected chi connectivity index (χ0v) is 25.4. The molecule has 0 aromatic heterocycles. The van der Waals surface area contributed by atoms with Crippen LogP contribution in [0.25, 0.3) is 0 Å². The highest BCUT2D eigenvalue weighted by Gasteiger charge is 2.19. The molecule has 0 aliphatic heterocycles. The van der Waals surface area contributed by atoms with Crippen molar-refractivity contribution in [1.82, 2.24) is 10.6 Å². The first-order valence-electron chi connectivity index (χ1n) is 13.6. The number of amides is 4. The molecule has 0 saturated carbocycles. The summed E-state index contributed by atoms with van der Waals surface area (Å²) in [6.07, 6.45) is 1.81. The lowest BCUT2D eigenvalue weighted by atomic mass is 10.0. The minimum absolute atomic E-state index is 0.262. The van der Waals surface area contributed by atoms with Crippen LogP contribution >= 0.6 is 11.9 Å². The molecule has 1 unspecified atom stereocenters. The molecular weight excluding hydrogens is 554 g/mol. The van der Waals surface area contributed by atoms with Crippen LogP contribution in [0.1, 0.15) is 51.6 Å². The molecule has 1 atom stereocenters. The third kappa shape index (κ3) is 14.3. The Labute approximate surface area is 252 Å². The summed E-state index contributed by atoms with van der Waals surface area (Å²) < 4.78 is 3.22. The van der Waals surface area contributed by atoms with Crippen LogP contribution in [-0.2, 0) is 4.79 Å². The van der Waals surface area contributed by atoms with E-state index in [2.05, 4.69) is 45.6 Å². The fourth-order valence-electron chi connectivity index (χ4n) is 3.31. The SMILES string of the molecule is CCC.CCCNC(=O)Nc1cccc(SNc2cccc(C(CC(=O)O)NC(=O)Nc3ccc(N)cc3)c2)c1.CN. The molecular formula is C30H43N7O4S. The molecule has 0 radical (unpaired) electrons. The Morgan fingerprint density at radius 2 is 1.45 bits per heavy atom. The van der Waals surface area contributed by atoms with Gasteiger partial charge in [0.05, 0.1) is 12.5 Å². The second kappa shape index (κ2) is 20.5. The second-order valence-corrected chi connectivity index (χ2v) is 9.70. The number of nitrogens with one attached hydrogen (secondary N) is 5. The third-order valence-corrected chi connectivity index (χ3v) is 5.88. The van der Waals surface area contributed by atoms with Crippen molar-refractivity contribution in [1.29, 1.82) is 0 Å². The van der Waals surface area contributed by atoms with Crippen molar-refractivity contribution in [2.75, 3.05) is 34.7 Å². The van der Waals surface area contributed by atoms with E-state index >= 15 is 0 Å². The minimum atomic E-state index is -1.04. The Bertz CT molecular complexity index is 1240. The largest absolute Gasteiger partial charge is 0.481 e. The van der Waals surface area contributed by atoms with E-state index in [0.29, 0.717) is 29.2 Å². The van der Waals surface area contributed by atoms with Crippen LogP contribution in [0.4, 0.5) is 32.3 Å². The van der Waals surface area contributed by atoms with E-state index in [1.165, 1.54) is 25.4 Å². The fraction of sp³-hybridized carbons (Fsp3) is 0.300. The summed E-state index contributed by atoms with van der Waals surface area (Å²) in [6.45, 7) is 6.83. The van der Waals surface area contributed by atoms with Gasteiger partial charge in [0.1, 0.15) is 0 Å². The van der Waals surface area contributed by atoms with Gasteiger partial charge in [0.2, 0.25) is 0 Å². The number of rotatable bonds is 11. The third-order valence-electron chi connectivity index (χ3n) is 5.06. The molecule has 0 fully saturated rings. The summed E-state index contributed by atoms with van der Waals surface area (Å²) in [4.78, 5) is 36.8. The van der Waals surface area contributed by atoms with Crippen molar-refractivity contribution in [3.05, 3.63) is 78.4 Å². The van der Waals surface area contributed by atoms with Gasteiger partial charge in [0.15, 0.2) is 0 Å². The molecule has 0 spiro atoms. The van der Waals surface area contributed by atoms with E-state index in [1.807, 2.05) is 31.2 Å². The number of aliphatic carboxylic acids is 1. The monoisotopic (exact) mass is 597 g/mol. The topological polar surface area (TPSA) is 184 Å². The highest BCUT2D eigenvalue weighted by Crippen LogP contribution is 2.27. The molecule has 10 N–H and O–H groups in total. The van der Waals surface area contributed by atoms with Crippen molar-refractivity contribution in [2.24, 2.45) is 5.73 Å². The summed E-state index contributed by atoms with van der Waals surface area (Å²) in [5, 5.41) is 20.4. The van der Waals surface area contributed by atoms with Crippen molar-refractivity contribution < 1.29 is 19.5 Å². The molecule has 0 saturated heterocycles. The number of carboxylic acid groups (broad SMARTS) is 1. The molecule has 3 rings (SSSR count). The molecule has 11 nitrogen and oxygen atoms in total. The van der Waals surface area contributed by atoms with Crippen LogP contribution in [0.2, 0.25) is 0 Å². The maximum atomic E-state index is 12.5. The molecule has 3 aromatic rings. The Balaban J connectivity index is 0.00000165. The number of nitrogens with two attached hydrogens (primary N) is 2. The lowest BCUT2D eigenvalue weighted by molar-refractivity contribution is -0.137. The molecule has 42 heavy (non-hydrogen) atoms. The highest BCUT2D eigenvalue weighted by molar-refractivity contribution is 8.00. The van der Waals surface area contributed by atoms with Crippen LogP contribution in [0, 0.1) is 0 Å². The van der Waals surface area contributed by atoms with Crippen LogP contribution in [0.5, 0.6) is 0 Å². The van der Waals surface area contributed by atoms with E-state index in [0.717, 1.165) is 17.0 Å². The average molecular weight is 598 g/mol. The summed E-state index contributed by atoms with van der Waals surface area (Å²) in [6, 6.07) is 19.6. The second-order valence-electron chi connectivity index (χ2n) is 8.82. The lowest BCUT2D eigenvalue weighted by Gasteiger charge is -2.19. The number of hydrogen-bond acceptors (Lipinski definition) is 7. The molecule has 3 aromatic carbocycles. The number of benzene rings is 3. The number of nitrogen functional groups attached to an aromatic ring is 1. The van der Waals surface area contributed by atoms with Gasteiger partial charge in [0, 0.05) is 34.2 Å².